The van der Waals surface area contributed by atoms with E-state index in [2.05, 4.69) is 20.9 Å². The summed E-state index contributed by atoms with van der Waals surface area (Å²) in [6.45, 7) is 0. The molecule has 1 aromatic rings. The molecule has 0 unspecified atom stereocenters. The Hall–Kier alpha value is -0.700. The number of hydrogen-bond acceptors (Lipinski definition) is 2. The molecule has 74 valence electrons. The van der Waals surface area contributed by atoms with E-state index in [1.165, 1.54) is 6.42 Å². The molecule has 0 saturated heterocycles. The third-order valence-corrected chi connectivity index (χ3v) is 3.68. The van der Waals surface area contributed by atoms with Crippen molar-refractivity contribution in [2.75, 3.05) is 0 Å². The van der Waals surface area contributed by atoms with Crippen molar-refractivity contribution in [2.45, 2.75) is 25.7 Å². The number of carbonyl (C=O) groups is 1. The van der Waals surface area contributed by atoms with Gasteiger partial charge < -0.3 is 4.79 Å². The molecule has 1 saturated carbocycles. The monoisotopic (exact) mass is 253 g/mol. The second-order valence-electron chi connectivity index (χ2n) is 3.94. The molecular formula is C11H12BrNO. The van der Waals surface area contributed by atoms with Crippen LogP contribution in [0.2, 0.25) is 0 Å². The van der Waals surface area contributed by atoms with Gasteiger partial charge in [0.2, 0.25) is 0 Å². The summed E-state index contributed by atoms with van der Waals surface area (Å²) in [5.74, 6) is 0. The fraction of sp³-hybridized carbons (Fsp3) is 0.455. The van der Waals surface area contributed by atoms with Crippen LogP contribution in [0.5, 0.6) is 0 Å². The van der Waals surface area contributed by atoms with E-state index in [4.69, 9.17) is 0 Å². The largest absolute Gasteiger partial charge is 0.303 e. The van der Waals surface area contributed by atoms with Crippen LogP contribution in [0.4, 0.5) is 0 Å². The van der Waals surface area contributed by atoms with E-state index in [-0.39, 0.29) is 5.41 Å². The van der Waals surface area contributed by atoms with Crippen LogP contribution in [0.25, 0.3) is 0 Å². The summed E-state index contributed by atoms with van der Waals surface area (Å²) >= 11 is 3.45. The van der Waals surface area contributed by atoms with E-state index in [0.29, 0.717) is 0 Å². The molecule has 1 fully saturated rings. The van der Waals surface area contributed by atoms with Crippen LogP contribution in [-0.4, -0.2) is 11.3 Å². The molecule has 2 rings (SSSR count). The summed E-state index contributed by atoms with van der Waals surface area (Å²) in [4.78, 5) is 15.3. The molecule has 0 bridgehead atoms. The highest BCUT2D eigenvalue weighted by molar-refractivity contribution is 9.10. The van der Waals surface area contributed by atoms with Crippen molar-refractivity contribution in [3.05, 3.63) is 28.5 Å². The Balaban J connectivity index is 2.17. The van der Waals surface area contributed by atoms with E-state index in [9.17, 15) is 4.79 Å². The molecule has 14 heavy (non-hydrogen) atoms. The number of rotatable bonds is 3. The number of carbonyl (C=O) groups excluding carboxylic acids is 1. The van der Waals surface area contributed by atoms with Crippen LogP contribution in [0.3, 0.4) is 0 Å². The Labute approximate surface area is 91.9 Å². The Morgan fingerprint density at radius 3 is 2.86 bits per heavy atom. The van der Waals surface area contributed by atoms with Gasteiger partial charge in [-0.15, -0.1) is 0 Å². The molecule has 0 radical (unpaired) electrons. The number of halogens is 1. The predicted molar refractivity (Wildman–Crippen MR) is 58.0 cm³/mol. The van der Waals surface area contributed by atoms with Gasteiger partial charge in [-0.2, -0.15) is 0 Å². The molecule has 0 aromatic carbocycles. The van der Waals surface area contributed by atoms with Crippen molar-refractivity contribution in [3.63, 3.8) is 0 Å². The van der Waals surface area contributed by atoms with E-state index < -0.39 is 0 Å². The summed E-state index contributed by atoms with van der Waals surface area (Å²) in [5.41, 5.74) is 0.885. The number of aldehydes is 1. The smallest absolute Gasteiger partial charge is 0.126 e. The van der Waals surface area contributed by atoms with Gasteiger partial charge in [-0.1, -0.05) is 6.42 Å². The summed E-state index contributed by atoms with van der Waals surface area (Å²) in [6, 6.07) is 3.86. The third kappa shape index (κ3) is 1.73. The van der Waals surface area contributed by atoms with Gasteiger partial charge in [0.15, 0.2) is 0 Å². The summed E-state index contributed by atoms with van der Waals surface area (Å²) in [7, 11) is 0. The number of pyridine rings is 1. The zero-order valence-electron chi connectivity index (χ0n) is 7.87. The maximum Gasteiger partial charge on any atom is 0.126 e. The molecule has 0 spiro atoms. The summed E-state index contributed by atoms with van der Waals surface area (Å²) in [5, 5.41) is 0. The Morgan fingerprint density at radius 1 is 1.57 bits per heavy atom. The molecule has 0 atom stereocenters. The fourth-order valence-corrected chi connectivity index (χ4v) is 2.24. The molecule has 0 aliphatic heterocycles. The van der Waals surface area contributed by atoms with Gasteiger partial charge >= 0.3 is 0 Å². The zero-order chi connectivity index (χ0) is 10.0. The van der Waals surface area contributed by atoms with Crippen LogP contribution in [-0.2, 0) is 11.2 Å². The third-order valence-electron chi connectivity index (χ3n) is 2.95. The van der Waals surface area contributed by atoms with Crippen LogP contribution in [0, 0.1) is 5.41 Å². The molecular weight excluding hydrogens is 242 g/mol. The fourth-order valence-electron chi connectivity index (χ4n) is 1.85. The van der Waals surface area contributed by atoms with Gasteiger partial charge in [0, 0.05) is 22.5 Å². The minimum atomic E-state index is -0.114. The first kappa shape index (κ1) is 9.84. The quantitative estimate of drug-likeness (QED) is 0.776. The zero-order valence-corrected chi connectivity index (χ0v) is 9.46. The first-order valence-electron chi connectivity index (χ1n) is 4.81. The SMILES string of the molecule is O=CC1(Cc2ncccc2Br)CCC1. The summed E-state index contributed by atoms with van der Waals surface area (Å²) in [6.07, 6.45) is 6.86. The van der Waals surface area contributed by atoms with Gasteiger partial charge in [0.25, 0.3) is 0 Å². The second-order valence-corrected chi connectivity index (χ2v) is 4.80. The number of nitrogens with zero attached hydrogens (tertiary/aromatic N) is 1. The van der Waals surface area contributed by atoms with Gasteiger partial charge in [0.05, 0.1) is 5.69 Å². The lowest BCUT2D eigenvalue weighted by Crippen LogP contribution is -2.33. The standard InChI is InChI=1S/C11H12BrNO/c12-9-3-1-6-13-10(9)7-11(8-14)4-2-5-11/h1,3,6,8H,2,4-5,7H2. The lowest BCUT2D eigenvalue weighted by molar-refractivity contribution is -0.120. The van der Waals surface area contributed by atoms with E-state index in [1.807, 2.05) is 12.1 Å². The maximum absolute atomic E-state index is 11.0. The second kappa shape index (κ2) is 3.81. The number of hydrogen-bond donors (Lipinski definition) is 0. The van der Waals surface area contributed by atoms with Crippen molar-refractivity contribution in [3.8, 4) is 0 Å². The average molecular weight is 254 g/mol. The van der Waals surface area contributed by atoms with Gasteiger partial charge in [0.1, 0.15) is 6.29 Å². The Kier molecular flexibility index (Phi) is 2.68. The molecule has 0 N–H and O–H groups in total. The van der Waals surface area contributed by atoms with E-state index in [1.54, 1.807) is 6.20 Å². The van der Waals surface area contributed by atoms with Crippen LogP contribution < -0.4 is 0 Å². The van der Waals surface area contributed by atoms with Gasteiger partial charge in [-0.05, 0) is 40.9 Å². The topological polar surface area (TPSA) is 30.0 Å². The molecule has 1 aromatic heterocycles. The molecule has 0 amide bonds. The van der Waals surface area contributed by atoms with Crippen molar-refractivity contribution >= 4 is 22.2 Å². The summed E-state index contributed by atoms with van der Waals surface area (Å²) < 4.78 is 1.01. The molecule has 2 nitrogen and oxygen atoms in total. The maximum atomic E-state index is 11.0. The molecule has 1 heterocycles. The first-order chi connectivity index (χ1) is 6.76. The van der Waals surface area contributed by atoms with Crippen molar-refractivity contribution < 1.29 is 4.79 Å². The van der Waals surface area contributed by atoms with Gasteiger partial charge in [-0.3, -0.25) is 4.98 Å². The average Bonchev–Trinajstić information content (AvgIpc) is 2.14. The lowest BCUT2D eigenvalue weighted by Gasteiger charge is -2.36. The highest BCUT2D eigenvalue weighted by Crippen LogP contribution is 2.42. The van der Waals surface area contributed by atoms with Crippen LogP contribution in [0.1, 0.15) is 25.0 Å². The highest BCUT2D eigenvalue weighted by Gasteiger charge is 2.37. The predicted octanol–water partition coefficient (Wildman–Crippen LogP) is 2.76. The Morgan fingerprint density at radius 2 is 2.36 bits per heavy atom. The van der Waals surface area contributed by atoms with Crippen molar-refractivity contribution in [2.24, 2.45) is 5.41 Å². The molecule has 3 heteroatoms. The van der Waals surface area contributed by atoms with E-state index >= 15 is 0 Å². The van der Waals surface area contributed by atoms with Crippen LogP contribution in [0.15, 0.2) is 22.8 Å². The van der Waals surface area contributed by atoms with Crippen molar-refractivity contribution in [1.82, 2.24) is 4.98 Å². The van der Waals surface area contributed by atoms with E-state index in [0.717, 1.165) is 35.7 Å². The molecule has 1 aliphatic rings. The normalized spacial score (nSPS) is 18.6. The Bertz CT molecular complexity index is 347. The molecule has 1 aliphatic carbocycles. The number of aromatic nitrogens is 1. The lowest BCUT2D eigenvalue weighted by atomic mass is 9.67. The minimum Gasteiger partial charge on any atom is -0.303 e. The van der Waals surface area contributed by atoms with Crippen LogP contribution >= 0.6 is 15.9 Å². The minimum absolute atomic E-state index is 0.114. The van der Waals surface area contributed by atoms with Gasteiger partial charge in [-0.25, -0.2) is 0 Å². The highest BCUT2D eigenvalue weighted by atomic mass is 79.9. The first-order valence-corrected chi connectivity index (χ1v) is 5.61. The van der Waals surface area contributed by atoms with Crippen molar-refractivity contribution in [1.29, 1.82) is 0 Å².